The Morgan fingerprint density at radius 3 is 2.21 bits per heavy atom. The fourth-order valence-electron chi connectivity index (χ4n) is 1.62. The first-order valence-electron chi connectivity index (χ1n) is 8.45. The predicted octanol–water partition coefficient (Wildman–Crippen LogP) is 4.49. The van der Waals surface area contributed by atoms with Crippen LogP contribution in [0.15, 0.2) is 42.5 Å². The second-order valence-electron chi connectivity index (χ2n) is 5.92. The number of rotatable bonds is 8. The summed E-state index contributed by atoms with van der Waals surface area (Å²) in [6, 6.07) is 9.64. The molecule has 24 heavy (non-hydrogen) atoms. The fourth-order valence-corrected chi connectivity index (χ4v) is 1.62. The SMILES string of the molecule is CC(C)C(C)C(=O)O.CC/C=C\CCOC(=O)Cc1ccccc1. The zero-order valence-corrected chi connectivity index (χ0v) is 15.2. The van der Waals surface area contributed by atoms with Crippen molar-refractivity contribution >= 4 is 11.9 Å². The van der Waals surface area contributed by atoms with E-state index in [2.05, 4.69) is 13.0 Å². The van der Waals surface area contributed by atoms with Crippen molar-refractivity contribution in [2.45, 2.75) is 47.0 Å². The minimum Gasteiger partial charge on any atom is -0.481 e. The third kappa shape index (κ3) is 11.5. The summed E-state index contributed by atoms with van der Waals surface area (Å²) in [7, 11) is 0. The van der Waals surface area contributed by atoms with Crippen molar-refractivity contribution in [3.63, 3.8) is 0 Å². The molecule has 0 saturated carbocycles. The standard InChI is InChI=1S/C14H18O2.C6H12O2/c1-2-3-4-8-11-16-14(15)12-13-9-6-5-7-10-13;1-4(2)5(3)6(7)8/h3-7,9-10H,2,8,11-12H2,1H3;4-5H,1-3H3,(H,7,8)/b4-3-;. The minimum absolute atomic E-state index is 0.156. The van der Waals surface area contributed by atoms with Crippen LogP contribution >= 0.6 is 0 Å². The van der Waals surface area contributed by atoms with E-state index < -0.39 is 5.97 Å². The number of carbonyl (C=O) groups excluding carboxylic acids is 1. The Balaban J connectivity index is 0.000000561. The van der Waals surface area contributed by atoms with Gasteiger partial charge in [-0.05, 0) is 24.3 Å². The number of hydrogen-bond donors (Lipinski definition) is 1. The van der Waals surface area contributed by atoms with Gasteiger partial charge < -0.3 is 9.84 Å². The van der Waals surface area contributed by atoms with Crippen molar-refractivity contribution in [2.24, 2.45) is 11.8 Å². The summed E-state index contributed by atoms with van der Waals surface area (Å²) < 4.78 is 5.10. The highest BCUT2D eigenvalue weighted by Gasteiger charge is 2.13. The highest BCUT2D eigenvalue weighted by molar-refractivity contribution is 5.72. The second-order valence-corrected chi connectivity index (χ2v) is 5.92. The maximum Gasteiger partial charge on any atom is 0.310 e. The molecule has 0 heterocycles. The van der Waals surface area contributed by atoms with Crippen LogP contribution in [0.2, 0.25) is 0 Å². The van der Waals surface area contributed by atoms with E-state index in [1.165, 1.54) is 0 Å². The number of carboxylic acids is 1. The van der Waals surface area contributed by atoms with Crippen LogP contribution in [0, 0.1) is 11.8 Å². The van der Waals surface area contributed by atoms with Crippen molar-refractivity contribution in [3.05, 3.63) is 48.0 Å². The number of carbonyl (C=O) groups is 2. The zero-order chi connectivity index (χ0) is 18.4. The lowest BCUT2D eigenvalue weighted by molar-refractivity contribution is -0.143. The first-order chi connectivity index (χ1) is 11.4. The maximum absolute atomic E-state index is 11.4. The smallest absolute Gasteiger partial charge is 0.310 e. The van der Waals surface area contributed by atoms with Crippen LogP contribution in [0.5, 0.6) is 0 Å². The maximum atomic E-state index is 11.4. The van der Waals surface area contributed by atoms with E-state index >= 15 is 0 Å². The van der Waals surface area contributed by atoms with Crippen LogP contribution in [-0.2, 0) is 20.7 Å². The molecule has 0 saturated heterocycles. The summed E-state index contributed by atoms with van der Waals surface area (Å²) in [5.41, 5.74) is 0.997. The molecular formula is C20H30O4. The number of allylic oxidation sites excluding steroid dienone is 1. The molecular weight excluding hydrogens is 304 g/mol. The van der Waals surface area contributed by atoms with Gasteiger partial charge in [-0.15, -0.1) is 0 Å². The van der Waals surface area contributed by atoms with Gasteiger partial charge in [0.1, 0.15) is 0 Å². The zero-order valence-electron chi connectivity index (χ0n) is 15.2. The van der Waals surface area contributed by atoms with E-state index in [1.807, 2.05) is 50.3 Å². The molecule has 0 fully saturated rings. The molecule has 4 heteroatoms. The molecule has 4 nitrogen and oxygen atoms in total. The first kappa shape index (κ1) is 21.9. The largest absolute Gasteiger partial charge is 0.481 e. The lowest BCUT2D eigenvalue weighted by atomic mass is 9.99. The Morgan fingerprint density at radius 1 is 1.12 bits per heavy atom. The second kappa shape index (κ2) is 13.3. The van der Waals surface area contributed by atoms with Gasteiger partial charge in [-0.25, -0.2) is 0 Å². The minimum atomic E-state index is -0.708. The van der Waals surface area contributed by atoms with Gasteiger partial charge in [0.25, 0.3) is 0 Å². The van der Waals surface area contributed by atoms with Gasteiger partial charge in [0.15, 0.2) is 0 Å². The van der Waals surface area contributed by atoms with E-state index in [4.69, 9.17) is 9.84 Å². The van der Waals surface area contributed by atoms with Gasteiger partial charge >= 0.3 is 11.9 Å². The number of ether oxygens (including phenoxy) is 1. The lowest BCUT2D eigenvalue weighted by Gasteiger charge is -2.07. The topological polar surface area (TPSA) is 63.6 Å². The molecule has 0 aliphatic heterocycles. The van der Waals surface area contributed by atoms with Gasteiger partial charge in [0.2, 0.25) is 0 Å². The summed E-state index contributed by atoms with van der Waals surface area (Å²) in [5, 5.41) is 8.35. The predicted molar refractivity (Wildman–Crippen MR) is 96.8 cm³/mol. The van der Waals surface area contributed by atoms with E-state index in [1.54, 1.807) is 6.92 Å². The van der Waals surface area contributed by atoms with Crippen LogP contribution < -0.4 is 0 Å². The average Bonchev–Trinajstić information content (AvgIpc) is 2.55. The highest BCUT2D eigenvalue weighted by atomic mass is 16.5. The molecule has 1 rings (SSSR count). The Morgan fingerprint density at radius 2 is 1.75 bits per heavy atom. The van der Waals surface area contributed by atoms with Gasteiger partial charge in [-0.1, -0.05) is 70.2 Å². The van der Waals surface area contributed by atoms with Crippen LogP contribution in [0.3, 0.4) is 0 Å². The van der Waals surface area contributed by atoms with E-state index in [-0.39, 0.29) is 17.8 Å². The molecule has 0 aromatic heterocycles. The Kier molecular flexibility index (Phi) is 12.2. The molecule has 1 atom stereocenters. The van der Waals surface area contributed by atoms with E-state index in [0.29, 0.717) is 13.0 Å². The average molecular weight is 334 g/mol. The molecule has 1 N–H and O–H groups in total. The first-order valence-corrected chi connectivity index (χ1v) is 8.45. The van der Waals surface area contributed by atoms with E-state index in [0.717, 1.165) is 18.4 Å². The third-order valence-corrected chi connectivity index (χ3v) is 3.53. The van der Waals surface area contributed by atoms with Crippen LogP contribution in [0.1, 0.15) is 46.1 Å². The monoisotopic (exact) mass is 334 g/mol. The van der Waals surface area contributed by atoms with Crippen LogP contribution in [0.25, 0.3) is 0 Å². The highest BCUT2D eigenvalue weighted by Crippen LogP contribution is 2.08. The molecule has 0 aliphatic rings. The number of esters is 1. The molecule has 134 valence electrons. The van der Waals surface area contributed by atoms with Crippen molar-refractivity contribution < 1.29 is 19.4 Å². The fraction of sp³-hybridized carbons (Fsp3) is 0.500. The van der Waals surface area contributed by atoms with Crippen molar-refractivity contribution in [1.29, 1.82) is 0 Å². The normalized spacial score (nSPS) is 11.7. The van der Waals surface area contributed by atoms with Gasteiger partial charge in [0, 0.05) is 0 Å². The lowest BCUT2D eigenvalue weighted by Crippen LogP contribution is -2.15. The number of carboxylic acid groups (broad SMARTS) is 1. The molecule has 1 unspecified atom stereocenters. The Bertz CT molecular complexity index is 492. The summed E-state index contributed by atoms with van der Waals surface area (Å²) in [5.74, 6) is -0.835. The van der Waals surface area contributed by atoms with Gasteiger partial charge in [-0.3, -0.25) is 9.59 Å². The number of benzene rings is 1. The molecule has 0 spiro atoms. The summed E-state index contributed by atoms with van der Waals surface area (Å²) in [6.07, 6.45) is 6.30. The van der Waals surface area contributed by atoms with Gasteiger partial charge in [0.05, 0.1) is 18.9 Å². The van der Waals surface area contributed by atoms with Crippen molar-refractivity contribution in [2.75, 3.05) is 6.61 Å². The van der Waals surface area contributed by atoms with Crippen molar-refractivity contribution in [3.8, 4) is 0 Å². The number of aliphatic carboxylic acids is 1. The molecule has 0 bridgehead atoms. The molecule has 1 aromatic carbocycles. The summed E-state index contributed by atoms with van der Waals surface area (Å²) in [6.45, 7) is 8.07. The molecule has 0 radical (unpaired) electrons. The quantitative estimate of drug-likeness (QED) is 0.432. The van der Waals surface area contributed by atoms with Crippen molar-refractivity contribution in [1.82, 2.24) is 0 Å². The van der Waals surface area contributed by atoms with Gasteiger partial charge in [-0.2, -0.15) is 0 Å². The van der Waals surface area contributed by atoms with Crippen LogP contribution in [-0.4, -0.2) is 23.7 Å². The molecule has 0 aliphatic carbocycles. The summed E-state index contributed by atoms with van der Waals surface area (Å²) >= 11 is 0. The Labute approximate surface area is 145 Å². The Hall–Kier alpha value is -2.10. The molecule has 0 amide bonds. The summed E-state index contributed by atoms with van der Waals surface area (Å²) in [4.78, 5) is 21.5. The number of hydrogen-bond acceptors (Lipinski definition) is 3. The molecule has 1 aromatic rings. The van der Waals surface area contributed by atoms with E-state index in [9.17, 15) is 9.59 Å². The third-order valence-electron chi connectivity index (χ3n) is 3.53. The van der Waals surface area contributed by atoms with Crippen LogP contribution in [0.4, 0.5) is 0 Å².